The number of nitrogens with zero attached hydrogens (tertiary/aromatic N) is 4. The zero-order valence-corrected chi connectivity index (χ0v) is 14.0. The Kier molecular flexibility index (Phi) is 4.82. The number of carbonyl (C=O) groups excluding carboxylic acids is 1. The zero-order valence-electron chi connectivity index (χ0n) is 13.2. The summed E-state index contributed by atoms with van der Waals surface area (Å²) in [5.41, 5.74) is 0.807. The smallest absolute Gasteiger partial charge is 0.219 e. The van der Waals surface area contributed by atoms with E-state index in [0.29, 0.717) is 25.5 Å². The highest BCUT2D eigenvalue weighted by atomic mass is 32.1. The average Bonchev–Trinajstić information content (AvgIpc) is 3.03. The molecule has 2 aromatic heterocycles. The third kappa shape index (κ3) is 3.83. The van der Waals surface area contributed by atoms with Crippen LogP contribution in [-0.2, 0) is 16.0 Å². The SMILES string of the molecule is CCc1nnc(Nc2cccc(C3CN(C(C)=O)CCO3)n2)s1. The minimum Gasteiger partial charge on any atom is -0.368 e. The van der Waals surface area contributed by atoms with Crippen LogP contribution in [0, 0.1) is 0 Å². The van der Waals surface area contributed by atoms with E-state index < -0.39 is 0 Å². The van der Waals surface area contributed by atoms with Crippen molar-refractivity contribution in [2.75, 3.05) is 25.0 Å². The first-order valence-electron chi connectivity index (χ1n) is 7.59. The van der Waals surface area contributed by atoms with Gasteiger partial charge in [-0.05, 0) is 18.6 Å². The quantitative estimate of drug-likeness (QED) is 0.923. The van der Waals surface area contributed by atoms with Gasteiger partial charge in [0, 0.05) is 13.5 Å². The van der Waals surface area contributed by atoms with Gasteiger partial charge in [-0.1, -0.05) is 24.3 Å². The van der Waals surface area contributed by atoms with Crippen LogP contribution in [0.25, 0.3) is 0 Å². The van der Waals surface area contributed by atoms with Crippen molar-refractivity contribution in [3.8, 4) is 0 Å². The molecular formula is C15H19N5O2S. The first-order valence-corrected chi connectivity index (χ1v) is 8.41. The van der Waals surface area contributed by atoms with Crippen molar-refractivity contribution in [3.05, 3.63) is 28.9 Å². The van der Waals surface area contributed by atoms with Crippen molar-refractivity contribution in [3.63, 3.8) is 0 Å². The van der Waals surface area contributed by atoms with Crippen LogP contribution < -0.4 is 5.32 Å². The highest BCUT2D eigenvalue weighted by Gasteiger charge is 2.24. The highest BCUT2D eigenvalue weighted by Crippen LogP contribution is 2.24. The Labute approximate surface area is 138 Å². The molecule has 0 spiro atoms. The maximum absolute atomic E-state index is 11.5. The van der Waals surface area contributed by atoms with E-state index in [1.165, 1.54) is 11.3 Å². The molecule has 0 bridgehead atoms. The Morgan fingerprint density at radius 2 is 2.35 bits per heavy atom. The molecule has 7 nitrogen and oxygen atoms in total. The van der Waals surface area contributed by atoms with Gasteiger partial charge < -0.3 is 15.0 Å². The molecule has 1 N–H and O–H groups in total. The number of hydrogen-bond donors (Lipinski definition) is 1. The van der Waals surface area contributed by atoms with E-state index in [1.807, 2.05) is 25.1 Å². The van der Waals surface area contributed by atoms with Crippen molar-refractivity contribution >= 4 is 28.2 Å². The molecule has 1 amide bonds. The molecule has 3 heterocycles. The monoisotopic (exact) mass is 333 g/mol. The molecule has 1 atom stereocenters. The molecule has 1 aliphatic rings. The van der Waals surface area contributed by atoms with Gasteiger partial charge in [0.2, 0.25) is 11.0 Å². The number of aromatic nitrogens is 3. The number of rotatable bonds is 4. The number of pyridine rings is 1. The largest absolute Gasteiger partial charge is 0.368 e. The topological polar surface area (TPSA) is 80.2 Å². The molecule has 0 aliphatic carbocycles. The molecule has 23 heavy (non-hydrogen) atoms. The predicted molar refractivity (Wildman–Crippen MR) is 87.8 cm³/mol. The maximum atomic E-state index is 11.5. The molecule has 3 rings (SSSR count). The van der Waals surface area contributed by atoms with Crippen LogP contribution in [0.2, 0.25) is 0 Å². The first kappa shape index (κ1) is 15.8. The number of anilines is 2. The van der Waals surface area contributed by atoms with Crippen LogP contribution in [0.5, 0.6) is 0 Å². The lowest BCUT2D eigenvalue weighted by Crippen LogP contribution is -2.41. The number of hydrogen-bond acceptors (Lipinski definition) is 7. The molecule has 0 radical (unpaired) electrons. The van der Waals surface area contributed by atoms with Crippen molar-refractivity contribution in [1.29, 1.82) is 0 Å². The van der Waals surface area contributed by atoms with Crippen LogP contribution in [0.4, 0.5) is 10.9 Å². The summed E-state index contributed by atoms with van der Waals surface area (Å²) in [5.74, 6) is 0.762. The van der Waals surface area contributed by atoms with Gasteiger partial charge in [0.15, 0.2) is 0 Å². The molecule has 1 aliphatic heterocycles. The van der Waals surface area contributed by atoms with Crippen molar-refractivity contribution in [2.45, 2.75) is 26.4 Å². The summed E-state index contributed by atoms with van der Waals surface area (Å²) in [6.07, 6.45) is 0.666. The third-order valence-corrected chi connectivity index (χ3v) is 4.60. The number of amides is 1. The lowest BCUT2D eigenvalue weighted by molar-refractivity contribution is -0.136. The van der Waals surface area contributed by atoms with Crippen LogP contribution in [0.15, 0.2) is 18.2 Å². The van der Waals surface area contributed by atoms with Gasteiger partial charge in [-0.25, -0.2) is 4.98 Å². The zero-order chi connectivity index (χ0) is 16.2. The summed E-state index contributed by atoms with van der Waals surface area (Å²) < 4.78 is 5.76. The Bertz CT molecular complexity index is 690. The van der Waals surface area contributed by atoms with Crippen molar-refractivity contribution in [2.24, 2.45) is 0 Å². The van der Waals surface area contributed by atoms with E-state index in [9.17, 15) is 4.79 Å². The summed E-state index contributed by atoms with van der Waals surface area (Å²) >= 11 is 1.52. The number of carbonyl (C=O) groups is 1. The Hall–Kier alpha value is -2.06. The van der Waals surface area contributed by atoms with Gasteiger partial charge in [-0.2, -0.15) is 0 Å². The van der Waals surface area contributed by atoms with Crippen LogP contribution >= 0.6 is 11.3 Å². The number of morpholine rings is 1. The molecule has 0 aromatic carbocycles. The minimum absolute atomic E-state index is 0.0635. The third-order valence-electron chi connectivity index (χ3n) is 3.62. The summed E-state index contributed by atoms with van der Waals surface area (Å²) in [6.45, 7) is 5.32. The first-order chi connectivity index (χ1) is 11.2. The lowest BCUT2D eigenvalue weighted by atomic mass is 10.2. The minimum atomic E-state index is -0.199. The summed E-state index contributed by atoms with van der Waals surface area (Å²) in [5, 5.41) is 13.1. The van der Waals surface area contributed by atoms with Crippen LogP contribution in [0.3, 0.4) is 0 Å². The molecule has 1 unspecified atom stereocenters. The van der Waals surface area contributed by atoms with Crippen LogP contribution in [-0.4, -0.2) is 45.7 Å². The standard InChI is InChI=1S/C15H19N5O2S/c1-3-14-18-19-15(23-14)17-13-6-4-5-11(16-13)12-9-20(10(2)21)7-8-22-12/h4-6,12H,3,7-9H2,1-2H3,(H,16,17,19). The molecule has 1 saturated heterocycles. The summed E-state index contributed by atoms with van der Waals surface area (Å²) in [6, 6.07) is 5.71. The number of nitrogens with one attached hydrogen (secondary N) is 1. The van der Waals surface area contributed by atoms with E-state index in [4.69, 9.17) is 4.74 Å². The second-order valence-electron chi connectivity index (χ2n) is 5.25. The van der Waals surface area contributed by atoms with Gasteiger partial charge >= 0.3 is 0 Å². The number of ether oxygens (including phenoxy) is 1. The second-order valence-corrected chi connectivity index (χ2v) is 6.31. The molecule has 0 saturated carbocycles. The van der Waals surface area contributed by atoms with Gasteiger partial charge in [0.25, 0.3) is 0 Å². The fourth-order valence-electron chi connectivity index (χ4n) is 2.37. The van der Waals surface area contributed by atoms with Gasteiger partial charge in [-0.3, -0.25) is 4.79 Å². The van der Waals surface area contributed by atoms with Crippen molar-refractivity contribution < 1.29 is 9.53 Å². The normalized spacial score (nSPS) is 18.0. The van der Waals surface area contributed by atoms with E-state index in [1.54, 1.807) is 11.8 Å². The average molecular weight is 333 g/mol. The maximum Gasteiger partial charge on any atom is 0.219 e. The molecule has 122 valence electrons. The predicted octanol–water partition coefficient (Wildman–Crippen LogP) is 2.16. The van der Waals surface area contributed by atoms with E-state index >= 15 is 0 Å². The van der Waals surface area contributed by atoms with E-state index in [2.05, 4.69) is 20.5 Å². The molecule has 2 aromatic rings. The molecular weight excluding hydrogens is 314 g/mol. The fraction of sp³-hybridized carbons (Fsp3) is 0.467. The lowest BCUT2D eigenvalue weighted by Gasteiger charge is -2.32. The Morgan fingerprint density at radius 3 is 3.09 bits per heavy atom. The number of aryl methyl sites for hydroxylation is 1. The molecule has 1 fully saturated rings. The van der Waals surface area contributed by atoms with E-state index in [-0.39, 0.29) is 12.0 Å². The summed E-state index contributed by atoms with van der Waals surface area (Å²) in [7, 11) is 0. The Morgan fingerprint density at radius 1 is 1.48 bits per heavy atom. The van der Waals surface area contributed by atoms with Gasteiger partial charge in [0.1, 0.15) is 16.9 Å². The highest BCUT2D eigenvalue weighted by molar-refractivity contribution is 7.15. The molecule has 8 heteroatoms. The van der Waals surface area contributed by atoms with Crippen molar-refractivity contribution in [1.82, 2.24) is 20.1 Å². The second kappa shape index (κ2) is 7.01. The van der Waals surface area contributed by atoms with E-state index in [0.717, 1.165) is 22.3 Å². The van der Waals surface area contributed by atoms with Gasteiger partial charge in [-0.15, -0.1) is 10.2 Å². The fourth-order valence-corrected chi connectivity index (χ4v) is 3.06. The Balaban J connectivity index is 1.72. The van der Waals surface area contributed by atoms with Crippen LogP contribution in [0.1, 0.15) is 30.7 Å². The summed E-state index contributed by atoms with van der Waals surface area (Å²) in [4.78, 5) is 17.9. The van der Waals surface area contributed by atoms with Gasteiger partial charge in [0.05, 0.1) is 18.8 Å².